The lowest BCUT2D eigenvalue weighted by molar-refractivity contribution is 0.102. The SMILES string of the molecule is Cc1noc(-c2ccc(C(=O)Nc3ccc(C#N)c(Cl)c3)cc2)n1. The summed E-state index contributed by atoms with van der Waals surface area (Å²) in [6.07, 6.45) is 0. The molecule has 2 aromatic carbocycles. The molecule has 0 saturated heterocycles. The van der Waals surface area contributed by atoms with Crippen molar-refractivity contribution in [3.05, 3.63) is 64.4 Å². The molecule has 1 aromatic heterocycles. The van der Waals surface area contributed by atoms with Crippen molar-refractivity contribution < 1.29 is 9.32 Å². The van der Waals surface area contributed by atoms with Crippen LogP contribution in [-0.2, 0) is 0 Å². The first-order valence-corrected chi connectivity index (χ1v) is 7.36. The van der Waals surface area contributed by atoms with Gasteiger partial charge in [0.15, 0.2) is 5.82 Å². The van der Waals surface area contributed by atoms with E-state index in [4.69, 9.17) is 21.4 Å². The van der Waals surface area contributed by atoms with Gasteiger partial charge in [0.05, 0.1) is 10.6 Å². The maximum atomic E-state index is 12.3. The molecule has 7 heteroatoms. The van der Waals surface area contributed by atoms with Crippen molar-refractivity contribution in [2.24, 2.45) is 0 Å². The van der Waals surface area contributed by atoms with Crippen molar-refractivity contribution in [1.82, 2.24) is 10.1 Å². The Kier molecular flexibility index (Phi) is 4.27. The molecule has 0 aliphatic carbocycles. The topological polar surface area (TPSA) is 91.8 Å². The molecule has 118 valence electrons. The van der Waals surface area contributed by atoms with Crippen molar-refractivity contribution in [3.8, 4) is 17.5 Å². The van der Waals surface area contributed by atoms with E-state index in [0.29, 0.717) is 28.5 Å². The van der Waals surface area contributed by atoms with Crippen LogP contribution in [0, 0.1) is 18.3 Å². The largest absolute Gasteiger partial charge is 0.334 e. The summed E-state index contributed by atoms with van der Waals surface area (Å²) in [5.41, 5.74) is 2.07. The van der Waals surface area contributed by atoms with E-state index in [0.717, 1.165) is 5.56 Å². The van der Waals surface area contributed by atoms with Crippen LogP contribution in [0.1, 0.15) is 21.7 Å². The minimum atomic E-state index is -0.288. The molecule has 0 aliphatic rings. The van der Waals surface area contributed by atoms with Gasteiger partial charge in [-0.25, -0.2) is 0 Å². The zero-order chi connectivity index (χ0) is 17.1. The minimum absolute atomic E-state index is 0.288. The summed E-state index contributed by atoms with van der Waals surface area (Å²) >= 11 is 5.95. The molecule has 0 aliphatic heterocycles. The zero-order valence-electron chi connectivity index (χ0n) is 12.6. The zero-order valence-corrected chi connectivity index (χ0v) is 13.3. The molecule has 0 spiro atoms. The normalized spacial score (nSPS) is 10.2. The molecule has 6 nitrogen and oxygen atoms in total. The Bertz CT molecular complexity index is 942. The summed E-state index contributed by atoms with van der Waals surface area (Å²) in [6, 6.07) is 13.5. The molecule has 0 fully saturated rings. The number of nitrogens with zero attached hydrogens (tertiary/aromatic N) is 3. The van der Waals surface area contributed by atoms with Gasteiger partial charge < -0.3 is 9.84 Å². The highest BCUT2D eigenvalue weighted by Gasteiger charge is 2.10. The van der Waals surface area contributed by atoms with Crippen LogP contribution in [0.2, 0.25) is 5.02 Å². The molecule has 1 N–H and O–H groups in total. The van der Waals surface area contributed by atoms with Crippen molar-refractivity contribution >= 4 is 23.2 Å². The number of nitrogens with one attached hydrogen (secondary N) is 1. The van der Waals surface area contributed by atoms with Crippen LogP contribution < -0.4 is 5.32 Å². The van der Waals surface area contributed by atoms with Gasteiger partial charge in [-0.3, -0.25) is 4.79 Å². The number of anilines is 1. The van der Waals surface area contributed by atoms with Gasteiger partial charge in [0.2, 0.25) is 0 Å². The summed E-state index contributed by atoms with van der Waals surface area (Å²) in [6.45, 7) is 1.73. The second-order valence-electron chi connectivity index (χ2n) is 4.98. The fourth-order valence-electron chi connectivity index (χ4n) is 2.07. The number of aromatic nitrogens is 2. The van der Waals surface area contributed by atoms with E-state index in [9.17, 15) is 4.79 Å². The molecule has 24 heavy (non-hydrogen) atoms. The predicted octanol–water partition coefficient (Wildman–Crippen LogP) is 3.82. The molecule has 0 radical (unpaired) electrons. The third kappa shape index (κ3) is 3.26. The lowest BCUT2D eigenvalue weighted by atomic mass is 10.1. The molecular formula is C17H11ClN4O2. The average molecular weight is 339 g/mol. The summed E-state index contributed by atoms with van der Waals surface area (Å²) in [5, 5.41) is 15.6. The van der Waals surface area contributed by atoms with Crippen molar-refractivity contribution in [2.75, 3.05) is 5.32 Å². The molecule has 0 unspecified atom stereocenters. The van der Waals surface area contributed by atoms with Gasteiger partial charge in [0.1, 0.15) is 6.07 Å². The summed E-state index contributed by atoms with van der Waals surface area (Å²) < 4.78 is 5.08. The quantitative estimate of drug-likeness (QED) is 0.783. The summed E-state index contributed by atoms with van der Waals surface area (Å²) in [7, 11) is 0. The number of hydrogen-bond donors (Lipinski definition) is 1. The molecule has 3 rings (SSSR count). The lowest BCUT2D eigenvalue weighted by Gasteiger charge is -2.06. The Balaban J connectivity index is 1.76. The summed E-state index contributed by atoms with van der Waals surface area (Å²) in [5.74, 6) is 0.659. The first-order chi connectivity index (χ1) is 11.6. The maximum absolute atomic E-state index is 12.3. The van der Waals surface area contributed by atoms with E-state index >= 15 is 0 Å². The molecule has 0 saturated carbocycles. The van der Waals surface area contributed by atoms with Gasteiger partial charge in [-0.1, -0.05) is 16.8 Å². The Hall–Kier alpha value is -3.17. The number of carbonyl (C=O) groups is 1. The van der Waals surface area contributed by atoms with Crippen LogP contribution in [0.4, 0.5) is 5.69 Å². The highest BCUT2D eigenvalue weighted by Crippen LogP contribution is 2.21. The standard InChI is InChI=1S/C17H11ClN4O2/c1-10-20-17(24-22-10)12-4-2-11(3-5-12)16(23)21-14-7-6-13(9-19)15(18)8-14/h2-8H,1H3,(H,21,23). The number of halogens is 1. The van der Waals surface area contributed by atoms with Crippen LogP contribution in [0.3, 0.4) is 0 Å². The second kappa shape index (κ2) is 6.52. The number of amides is 1. The van der Waals surface area contributed by atoms with Crippen LogP contribution in [0.25, 0.3) is 11.5 Å². The monoisotopic (exact) mass is 338 g/mol. The number of carbonyl (C=O) groups excluding carboxylic acids is 1. The summed E-state index contributed by atoms with van der Waals surface area (Å²) in [4.78, 5) is 16.4. The number of aryl methyl sites for hydroxylation is 1. The highest BCUT2D eigenvalue weighted by molar-refractivity contribution is 6.32. The third-order valence-corrected chi connectivity index (χ3v) is 3.58. The van der Waals surface area contributed by atoms with E-state index in [1.807, 2.05) is 6.07 Å². The molecule has 0 atom stereocenters. The molecule has 3 aromatic rings. The first kappa shape index (κ1) is 15.7. The number of hydrogen-bond acceptors (Lipinski definition) is 5. The molecule has 1 heterocycles. The number of rotatable bonds is 3. The average Bonchev–Trinajstić information content (AvgIpc) is 3.02. The fraction of sp³-hybridized carbons (Fsp3) is 0.0588. The second-order valence-corrected chi connectivity index (χ2v) is 5.39. The van der Waals surface area contributed by atoms with Crippen molar-refractivity contribution in [1.29, 1.82) is 5.26 Å². The van der Waals surface area contributed by atoms with Gasteiger partial charge in [0, 0.05) is 16.8 Å². The van der Waals surface area contributed by atoms with Gasteiger partial charge in [0.25, 0.3) is 11.8 Å². The van der Waals surface area contributed by atoms with Crippen LogP contribution >= 0.6 is 11.6 Å². The van der Waals surface area contributed by atoms with Gasteiger partial charge in [-0.05, 0) is 49.4 Å². The number of nitriles is 1. The fourth-order valence-corrected chi connectivity index (χ4v) is 2.29. The molecule has 0 bridgehead atoms. The highest BCUT2D eigenvalue weighted by atomic mass is 35.5. The van der Waals surface area contributed by atoms with Crippen molar-refractivity contribution in [3.63, 3.8) is 0 Å². The molecule has 1 amide bonds. The van der Waals surface area contributed by atoms with Crippen LogP contribution in [0.15, 0.2) is 47.0 Å². The molecular weight excluding hydrogens is 328 g/mol. The first-order valence-electron chi connectivity index (χ1n) is 6.98. The van der Waals surface area contributed by atoms with E-state index < -0.39 is 0 Å². The van der Waals surface area contributed by atoms with Gasteiger partial charge in [-0.15, -0.1) is 0 Å². The third-order valence-electron chi connectivity index (χ3n) is 3.27. The maximum Gasteiger partial charge on any atom is 0.257 e. The van der Waals surface area contributed by atoms with E-state index in [1.165, 1.54) is 6.07 Å². The predicted molar refractivity (Wildman–Crippen MR) is 88.6 cm³/mol. The Morgan fingerprint density at radius 1 is 1.25 bits per heavy atom. The lowest BCUT2D eigenvalue weighted by Crippen LogP contribution is -2.11. The van der Waals surface area contributed by atoms with Crippen LogP contribution in [0.5, 0.6) is 0 Å². The van der Waals surface area contributed by atoms with E-state index in [1.54, 1.807) is 43.3 Å². The number of benzene rings is 2. The Labute approximate surface area is 142 Å². The van der Waals surface area contributed by atoms with Gasteiger partial charge >= 0.3 is 0 Å². The Morgan fingerprint density at radius 2 is 2.00 bits per heavy atom. The van der Waals surface area contributed by atoms with E-state index in [-0.39, 0.29) is 10.9 Å². The minimum Gasteiger partial charge on any atom is -0.334 e. The van der Waals surface area contributed by atoms with E-state index in [2.05, 4.69) is 15.5 Å². The van der Waals surface area contributed by atoms with Gasteiger partial charge in [-0.2, -0.15) is 10.2 Å². The Morgan fingerprint density at radius 3 is 2.58 bits per heavy atom. The smallest absolute Gasteiger partial charge is 0.257 e. The van der Waals surface area contributed by atoms with Crippen LogP contribution in [-0.4, -0.2) is 16.0 Å². The van der Waals surface area contributed by atoms with Crippen molar-refractivity contribution in [2.45, 2.75) is 6.92 Å².